The molecule has 242 valence electrons. The van der Waals surface area contributed by atoms with E-state index in [9.17, 15) is 31.2 Å². The maximum Gasteiger partial charge on any atom is 0.418 e. The normalized spacial score (nSPS) is 14.2. The van der Waals surface area contributed by atoms with Gasteiger partial charge < -0.3 is 15.4 Å². The molecule has 3 aromatic carbocycles. The van der Waals surface area contributed by atoms with Crippen LogP contribution in [-0.4, -0.2) is 71.4 Å². The van der Waals surface area contributed by atoms with Gasteiger partial charge in [-0.1, -0.05) is 36.0 Å². The summed E-state index contributed by atoms with van der Waals surface area (Å²) < 4.78 is 74.1. The summed E-state index contributed by atoms with van der Waals surface area (Å²) in [5, 5.41) is 13.7. The Hall–Kier alpha value is -4.25. The van der Waals surface area contributed by atoms with E-state index in [-0.39, 0.29) is 46.7 Å². The molecule has 1 fully saturated rings. The zero-order valence-electron chi connectivity index (χ0n) is 24.5. The third-order valence-electron chi connectivity index (χ3n) is 6.93. The van der Waals surface area contributed by atoms with Crippen LogP contribution < -0.4 is 10.6 Å². The number of nitrogens with zero attached hydrogens (tertiary/aromatic N) is 4. The number of aromatic nitrogens is 3. The molecule has 0 spiro atoms. The number of benzene rings is 3. The fourth-order valence-electron chi connectivity index (χ4n) is 4.67. The van der Waals surface area contributed by atoms with E-state index in [0.29, 0.717) is 24.7 Å². The summed E-state index contributed by atoms with van der Waals surface area (Å²) in [6, 6.07) is 17.6. The molecule has 46 heavy (non-hydrogen) atoms. The van der Waals surface area contributed by atoms with Crippen LogP contribution in [0.25, 0.3) is 5.69 Å². The molecule has 1 saturated heterocycles. The minimum atomic E-state index is -4.63. The quantitative estimate of drug-likeness (QED) is 0.238. The Morgan fingerprint density at radius 3 is 2.39 bits per heavy atom. The predicted molar refractivity (Wildman–Crippen MR) is 164 cm³/mol. The number of morpholine rings is 1. The molecule has 16 heteroatoms. The third-order valence-corrected chi connectivity index (χ3v) is 9.77. The minimum Gasteiger partial charge on any atom is -0.379 e. The second kappa shape index (κ2) is 14.0. The lowest BCUT2D eigenvalue weighted by Crippen LogP contribution is -2.40. The summed E-state index contributed by atoms with van der Waals surface area (Å²) in [6.07, 6.45) is -4.63. The van der Waals surface area contributed by atoms with Crippen LogP contribution in [0.4, 0.5) is 18.9 Å². The molecule has 0 aliphatic carbocycles. The van der Waals surface area contributed by atoms with Crippen molar-refractivity contribution >= 4 is 39.3 Å². The van der Waals surface area contributed by atoms with Gasteiger partial charge in [-0.15, -0.1) is 10.2 Å². The van der Waals surface area contributed by atoms with Gasteiger partial charge in [-0.25, -0.2) is 8.42 Å². The number of carbonyl (C=O) groups excluding carboxylic acids is 2. The highest BCUT2D eigenvalue weighted by Crippen LogP contribution is 2.34. The second-order valence-electron chi connectivity index (χ2n) is 10.2. The topological polar surface area (TPSA) is 136 Å². The van der Waals surface area contributed by atoms with E-state index < -0.39 is 33.6 Å². The van der Waals surface area contributed by atoms with Gasteiger partial charge in [-0.05, 0) is 61.0 Å². The van der Waals surface area contributed by atoms with Crippen LogP contribution in [0.5, 0.6) is 0 Å². The summed E-state index contributed by atoms with van der Waals surface area (Å²) in [4.78, 5) is 25.7. The van der Waals surface area contributed by atoms with Gasteiger partial charge in [0.15, 0.2) is 11.0 Å². The van der Waals surface area contributed by atoms with E-state index in [1.165, 1.54) is 46.8 Å². The number of para-hydroxylation sites is 1. The fraction of sp³-hybridized carbons (Fsp3) is 0.267. The number of thioether (sulfide) groups is 1. The highest BCUT2D eigenvalue weighted by atomic mass is 32.2. The summed E-state index contributed by atoms with van der Waals surface area (Å²) in [7, 11) is -3.72. The summed E-state index contributed by atoms with van der Waals surface area (Å²) >= 11 is 0.970. The monoisotopic (exact) mass is 674 g/mol. The Balaban J connectivity index is 1.29. The number of anilines is 1. The number of sulfonamides is 1. The molecule has 0 saturated carbocycles. The number of halogens is 3. The molecule has 5 rings (SSSR count). The van der Waals surface area contributed by atoms with Gasteiger partial charge in [0.1, 0.15) is 0 Å². The molecule has 0 bridgehead atoms. The van der Waals surface area contributed by atoms with Crippen molar-refractivity contribution in [1.29, 1.82) is 0 Å². The first-order valence-electron chi connectivity index (χ1n) is 14.0. The van der Waals surface area contributed by atoms with E-state index in [4.69, 9.17) is 4.74 Å². The standard InChI is InChI=1S/C30H29F3N6O5S2/c1-20-5-4-6-22(17-20)39-26(36-37-29(39)45-19-27(40)35-25-8-3-2-7-24(25)30(31,32)33)18-34-28(41)21-9-11-23(12-10-21)46(42,43)38-13-15-44-16-14-38/h2-12,17H,13-16,18-19H2,1H3,(H,34,41)(H,35,40). The maximum absolute atomic E-state index is 13.4. The van der Waals surface area contributed by atoms with Crippen molar-refractivity contribution in [1.82, 2.24) is 24.4 Å². The summed E-state index contributed by atoms with van der Waals surface area (Å²) in [5.74, 6) is -1.08. The predicted octanol–water partition coefficient (Wildman–Crippen LogP) is 4.28. The molecule has 0 atom stereocenters. The number of rotatable bonds is 10. The van der Waals surface area contributed by atoms with Crippen molar-refractivity contribution in [2.45, 2.75) is 29.7 Å². The van der Waals surface area contributed by atoms with Gasteiger partial charge in [0.25, 0.3) is 5.91 Å². The number of alkyl halides is 3. The second-order valence-corrected chi connectivity index (χ2v) is 13.1. The lowest BCUT2D eigenvalue weighted by atomic mass is 10.1. The Kier molecular flexibility index (Phi) is 10.1. The third kappa shape index (κ3) is 7.75. The first-order valence-corrected chi connectivity index (χ1v) is 16.4. The number of hydrogen-bond donors (Lipinski definition) is 2. The van der Waals surface area contributed by atoms with Crippen LogP contribution in [0.15, 0.2) is 82.8 Å². The van der Waals surface area contributed by atoms with Crippen LogP contribution in [0.1, 0.15) is 27.3 Å². The molecule has 2 amide bonds. The van der Waals surface area contributed by atoms with Crippen LogP contribution in [-0.2, 0) is 32.3 Å². The number of nitrogens with one attached hydrogen (secondary N) is 2. The molecule has 4 aromatic rings. The molecule has 1 aliphatic rings. The molecule has 1 aliphatic heterocycles. The molecule has 2 heterocycles. The highest BCUT2D eigenvalue weighted by molar-refractivity contribution is 7.99. The van der Waals surface area contributed by atoms with Gasteiger partial charge in [-0.2, -0.15) is 17.5 Å². The van der Waals surface area contributed by atoms with Gasteiger partial charge in [0, 0.05) is 24.3 Å². The fourth-order valence-corrected chi connectivity index (χ4v) is 6.84. The Bertz CT molecular complexity index is 1830. The molecular weight excluding hydrogens is 645 g/mol. The first-order chi connectivity index (χ1) is 21.9. The minimum absolute atomic E-state index is 0.0674. The van der Waals surface area contributed by atoms with E-state index in [0.717, 1.165) is 23.4 Å². The number of aryl methyl sites for hydroxylation is 1. The Morgan fingerprint density at radius 2 is 1.70 bits per heavy atom. The Morgan fingerprint density at radius 1 is 0.978 bits per heavy atom. The van der Waals surface area contributed by atoms with Crippen LogP contribution in [0.2, 0.25) is 0 Å². The van der Waals surface area contributed by atoms with E-state index in [2.05, 4.69) is 20.8 Å². The van der Waals surface area contributed by atoms with Crippen molar-refractivity contribution in [3.63, 3.8) is 0 Å². The van der Waals surface area contributed by atoms with E-state index in [1.807, 2.05) is 25.1 Å². The smallest absolute Gasteiger partial charge is 0.379 e. The molecule has 1 aromatic heterocycles. The van der Waals surface area contributed by atoms with Crippen molar-refractivity contribution < 1.29 is 35.9 Å². The van der Waals surface area contributed by atoms with Crippen molar-refractivity contribution in [2.24, 2.45) is 0 Å². The Labute approximate surface area is 267 Å². The summed E-state index contributed by atoms with van der Waals surface area (Å²) in [6.45, 7) is 2.95. The number of ether oxygens (including phenoxy) is 1. The molecular formula is C30H29F3N6O5S2. The first kappa shape index (κ1) is 33.1. The molecule has 2 N–H and O–H groups in total. The van der Waals surface area contributed by atoms with Gasteiger partial charge in [-0.3, -0.25) is 14.2 Å². The number of hydrogen-bond acceptors (Lipinski definition) is 8. The summed E-state index contributed by atoms with van der Waals surface area (Å²) in [5.41, 5.74) is 0.495. The van der Waals surface area contributed by atoms with Gasteiger partial charge in [0.2, 0.25) is 15.9 Å². The lowest BCUT2D eigenvalue weighted by molar-refractivity contribution is -0.137. The van der Waals surface area contributed by atoms with E-state index >= 15 is 0 Å². The lowest BCUT2D eigenvalue weighted by Gasteiger charge is -2.26. The SMILES string of the molecule is Cc1cccc(-n2c(CNC(=O)c3ccc(S(=O)(=O)N4CCOCC4)cc3)nnc2SCC(=O)Nc2ccccc2C(F)(F)F)c1. The molecule has 0 unspecified atom stereocenters. The molecule has 11 nitrogen and oxygen atoms in total. The largest absolute Gasteiger partial charge is 0.418 e. The maximum atomic E-state index is 13.4. The molecule has 0 radical (unpaired) electrons. The van der Waals surface area contributed by atoms with Crippen molar-refractivity contribution in [2.75, 3.05) is 37.4 Å². The van der Waals surface area contributed by atoms with Crippen molar-refractivity contribution in [3.8, 4) is 5.69 Å². The van der Waals surface area contributed by atoms with Crippen LogP contribution in [0.3, 0.4) is 0 Å². The average Bonchev–Trinajstić information content (AvgIpc) is 3.45. The van der Waals surface area contributed by atoms with Crippen LogP contribution >= 0.6 is 11.8 Å². The van der Waals surface area contributed by atoms with Gasteiger partial charge in [0.05, 0.1) is 41.7 Å². The zero-order chi connectivity index (χ0) is 32.9. The average molecular weight is 675 g/mol. The number of amides is 2. The van der Waals surface area contributed by atoms with E-state index in [1.54, 1.807) is 10.6 Å². The zero-order valence-corrected chi connectivity index (χ0v) is 26.1. The highest BCUT2D eigenvalue weighted by Gasteiger charge is 2.33. The number of carbonyl (C=O) groups is 2. The van der Waals surface area contributed by atoms with Gasteiger partial charge >= 0.3 is 6.18 Å². The van der Waals surface area contributed by atoms with Crippen molar-refractivity contribution in [3.05, 3.63) is 95.3 Å². The van der Waals surface area contributed by atoms with Crippen LogP contribution in [0, 0.1) is 6.92 Å².